The SMILES string of the molecule is CC(=O)Nc1cccc(OCC(=O)NCCc2ccc(Cl)cc2)c1. The van der Waals surface area contributed by atoms with E-state index in [2.05, 4.69) is 10.6 Å². The number of nitrogens with one attached hydrogen (secondary N) is 2. The van der Waals surface area contributed by atoms with Crippen LogP contribution in [0.2, 0.25) is 5.02 Å². The summed E-state index contributed by atoms with van der Waals surface area (Å²) >= 11 is 5.83. The molecule has 126 valence electrons. The van der Waals surface area contributed by atoms with Crippen molar-refractivity contribution in [2.24, 2.45) is 0 Å². The minimum Gasteiger partial charge on any atom is -0.484 e. The Morgan fingerprint density at radius 2 is 1.88 bits per heavy atom. The van der Waals surface area contributed by atoms with Gasteiger partial charge < -0.3 is 15.4 Å². The molecule has 0 aromatic heterocycles. The fraction of sp³-hybridized carbons (Fsp3) is 0.222. The summed E-state index contributed by atoms with van der Waals surface area (Å²) in [7, 11) is 0. The first kappa shape index (κ1) is 17.8. The molecular weight excluding hydrogens is 328 g/mol. The topological polar surface area (TPSA) is 67.4 Å². The predicted octanol–water partition coefficient (Wildman–Crippen LogP) is 3.04. The first-order valence-corrected chi connectivity index (χ1v) is 7.92. The third-order valence-electron chi connectivity index (χ3n) is 3.17. The minimum atomic E-state index is -0.200. The van der Waals surface area contributed by atoms with Crippen molar-refractivity contribution in [3.63, 3.8) is 0 Å². The van der Waals surface area contributed by atoms with E-state index >= 15 is 0 Å². The zero-order chi connectivity index (χ0) is 17.4. The van der Waals surface area contributed by atoms with Gasteiger partial charge in [0.1, 0.15) is 5.75 Å². The summed E-state index contributed by atoms with van der Waals surface area (Å²) < 4.78 is 5.43. The van der Waals surface area contributed by atoms with E-state index in [1.54, 1.807) is 24.3 Å². The molecular formula is C18H19ClN2O3. The molecule has 0 fully saturated rings. The lowest BCUT2D eigenvalue weighted by Gasteiger charge is -2.09. The molecule has 0 saturated heterocycles. The van der Waals surface area contributed by atoms with E-state index in [0.29, 0.717) is 23.0 Å². The molecule has 5 nitrogen and oxygen atoms in total. The van der Waals surface area contributed by atoms with Crippen LogP contribution in [0.15, 0.2) is 48.5 Å². The summed E-state index contributed by atoms with van der Waals surface area (Å²) in [6, 6.07) is 14.4. The Hall–Kier alpha value is -2.53. The Labute approximate surface area is 146 Å². The van der Waals surface area contributed by atoms with Crippen molar-refractivity contribution in [1.82, 2.24) is 5.32 Å². The highest BCUT2D eigenvalue weighted by atomic mass is 35.5. The number of rotatable bonds is 7. The first-order chi connectivity index (χ1) is 11.5. The van der Waals surface area contributed by atoms with Gasteiger partial charge in [-0.2, -0.15) is 0 Å². The molecule has 0 heterocycles. The highest BCUT2D eigenvalue weighted by Crippen LogP contribution is 2.17. The molecule has 0 atom stereocenters. The zero-order valence-electron chi connectivity index (χ0n) is 13.3. The molecule has 2 aromatic rings. The summed E-state index contributed by atoms with van der Waals surface area (Å²) in [5.41, 5.74) is 1.73. The standard InChI is InChI=1S/C18H19ClN2O3/c1-13(22)21-16-3-2-4-17(11-16)24-12-18(23)20-10-9-14-5-7-15(19)8-6-14/h2-8,11H,9-10,12H2,1H3,(H,20,23)(H,21,22). The molecule has 0 aliphatic carbocycles. The maximum atomic E-state index is 11.8. The van der Waals surface area contributed by atoms with Gasteiger partial charge in [0, 0.05) is 30.2 Å². The number of carbonyl (C=O) groups is 2. The van der Waals surface area contributed by atoms with E-state index in [1.807, 2.05) is 24.3 Å². The number of hydrogen-bond acceptors (Lipinski definition) is 3. The van der Waals surface area contributed by atoms with Gasteiger partial charge in [-0.15, -0.1) is 0 Å². The van der Waals surface area contributed by atoms with Crippen LogP contribution >= 0.6 is 11.6 Å². The third kappa shape index (κ3) is 6.30. The van der Waals surface area contributed by atoms with Crippen molar-refractivity contribution in [1.29, 1.82) is 0 Å². The van der Waals surface area contributed by atoms with E-state index in [-0.39, 0.29) is 18.4 Å². The van der Waals surface area contributed by atoms with Crippen LogP contribution < -0.4 is 15.4 Å². The van der Waals surface area contributed by atoms with E-state index in [1.165, 1.54) is 6.92 Å². The number of carbonyl (C=O) groups excluding carboxylic acids is 2. The number of amides is 2. The van der Waals surface area contributed by atoms with Crippen LogP contribution in [0.25, 0.3) is 0 Å². The Balaban J connectivity index is 1.73. The summed E-state index contributed by atoms with van der Waals surface area (Å²) in [6.07, 6.45) is 0.723. The van der Waals surface area contributed by atoms with Crippen molar-refractivity contribution < 1.29 is 14.3 Å². The van der Waals surface area contributed by atoms with Gasteiger partial charge in [-0.1, -0.05) is 29.8 Å². The second kappa shape index (κ2) is 8.93. The summed E-state index contributed by atoms with van der Waals surface area (Å²) in [5.74, 6) is 0.162. The summed E-state index contributed by atoms with van der Waals surface area (Å²) in [4.78, 5) is 22.8. The van der Waals surface area contributed by atoms with Gasteiger partial charge in [0.15, 0.2) is 6.61 Å². The summed E-state index contributed by atoms with van der Waals surface area (Å²) in [6.45, 7) is 1.88. The number of ether oxygens (including phenoxy) is 1. The second-order valence-corrected chi connectivity index (χ2v) is 5.66. The van der Waals surface area contributed by atoms with Crippen molar-refractivity contribution in [2.45, 2.75) is 13.3 Å². The number of benzene rings is 2. The molecule has 0 saturated carbocycles. The van der Waals surface area contributed by atoms with Crippen molar-refractivity contribution in [2.75, 3.05) is 18.5 Å². The average Bonchev–Trinajstić information content (AvgIpc) is 2.54. The summed E-state index contributed by atoms with van der Waals surface area (Å²) in [5, 5.41) is 6.15. The number of halogens is 1. The predicted molar refractivity (Wildman–Crippen MR) is 94.4 cm³/mol. The first-order valence-electron chi connectivity index (χ1n) is 7.54. The van der Waals surface area contributed by atoms with E-state index in [0.717, 1.165) is 12.0 Å². The van der Waals surface area contributed by atoms with Crippen molar-refractivity contribution in [3.05, 3.63) is 59.1 Å². The molecule has 0 bridgehead atoms. The lowest BCUT2D eigenvalue weighted by Crippen LogP contribution is -2.30. The monoisotopic (exact) mass is 346 g/mol. The van der Waals surface area contributed by atoms with Crippen LogP contribution in [0.1, 0.15) is 12.5 Å². The normalized spacial score (nSPS) is 10.1. The van der Waals surface area contributed by atoms with E-state index in [4.69, 9.17) is 16.3 Å². The second-order valence-electron chi connectivity index (χ2n) is 5.22. The molecule has 0 radical (unpaired) electrons. The fourth-order valence-electron chi connectivity index (χ4n) is 2.06. The van der Waals surface area contributed by atoms with Crippen LogP contribution in [-0.2, 0) is 16.0 Å². The van der Waals surface area contributed by atoms with Crippen LogP contribution in [0.5, 0.6) is 5.75 Å². The third-order valence-corrected chi connectivity index (χ3v) is 3.43. The van der Waals surface area contributed by atoms with Crippen molar-refractivity contribution >= 4 is 29.1 Å². The van der Waals surface area contributed by atoms with Crippen LogP contribution in [0, 0.1) is 0 Å². The highest BCUT2D eigenvalue weighted by molar-refractivity contribution is 6.30. The Morgan fingerprint density at radius 3 is 2.58 bits per heavy atom. The zero-order valence-corrected chi connectivity index (χ0v) is 14.1. The quantitative estimate of drug-likeness (QED) is 0.809. The van der Waals surface area contributed by atoms with Gasteiger partial charge in [0.05, 0.1) is 0 Å². The van der Waals surface area contributed by atoms with Crippen LogP contribution in [0.4, 0.5) is 5.69 Å². The smallest absolute Gasteiger partial charge is 0.257 e. The van der Waals surface area contributed by atoms with Crippen LogP contribution in [0.3, 0.4) is 0 Å². The lowest BCUT2D eigenvalue weighted by atomic mass is 10.1. The van der Waals surface area contributed by atoms with Gasteiger partial charge in [0.2, 0.25) is 5.91 Å². The number of hydrogen-bond donors (Lipinski definition) is 2. The Kier molecular flexibility index (Phi) is 6.63. The molecule has 0 unspecified atom stereocenters. The lowest BCUT2D eigenvalue weighted by molar-refractivity contribution is -0.123. The maximum Gasteiger partial charge on any atom is 0.257 e. The van der Waals surface area contributed by atoms with Gasteiger partial charge in [-0.25, -0.2) is 0 Å². The molecule has 24 heavy (non-hydrogen) atoms. The van der Waals surface area contributed by atoms with Gasteiger partial charge >= 0.3 is 0 Å². The van der Waals surface area contributed by atoms with E-state index < -0.39 is 0 Å². The molecule has 2 amide bonds. The van der Waals surface area contributed by atoms with Crippen molar-refractivity contribution in [3.8, 4) is 5.75 Å². The van der Waals surface area contributed by atoms with Crippen LogP contribution in [-0.4, -0.2) is 25.0 Å². The molecule has 0 aliphatic heterocycles. The Morgan fingerprint density at radius 1 is 1.12 bits per heavy atom. The maximum absolute atomic E-state index is 11.8. The highest BCUT2D eigenvalue weighted by Gasteiger charge is 2.04. The Bertz CT molecular complexity index is 702. The molecule has 2 N–H and O–H groups in total. The molecule has 6 heteroatoms. The van der Waals surface area contributed by atoms with E-state index in [9.17, 15) is 9.59 Å². The van der Waals surface area contributed by atoms with Gasteiger partial charge in [0.25, 0.3) is 5.91 Å². The molecule has 2 aromatic carbocycles. The minimum absolute atomic E-state index is 0.0792. The average molecular weight is 347 g/mol. The van der Waals surface area contributed by atoms with Gasteiger partial charge in [-0.05, 0) is 36.2 Å². The molecule has 0 spiro atoms. The fourth-order valence-corrected chi connectivity index (χ4v) is 2.19. The number of anilines is 1. The van der Waals surface area contributed by atoms with Gasteiger partial charge in [-0.3, -0.25) is 9.59 Å². The molecule has 2 rings (SSSR count). The largest absolute Gasteiger partial charge is 0.484 e. The molecule has 0 aliphatic rings.